The zero-order valence-corrected chi connectivity index (χ0v) is 11.7. The second-order valence-electron chi connectivity index (χ2n) is 4.73. The first kappa shape index (κ1) is 14.0. The van der Waals surface area contributed by atoms with Crippen LogP contribution in [-0.2, 0) is 4.74 Å². The number of hydrogen-bond acceptors (Lipinski definition) is 3. The molecule has 0 fully saturated rings. The number of esters is 1. The smallest absolute Gasteiger partial charge is 0.340 e. The highest BCUT2D eigenvalue weighted by atomic mass is 19.1. The second-order valence-corrected chi connectivity index (χ2v) is 4.73. The van der Waals surface area contributed by atoms with Gasteiger partial charge in [-0.3, -0.25) is 9.20 Å². The van der Waals surface area contributed by atoms with Gasteiger partial charge in [0.05, 0.1) is 18.2 Å². The summed E-state index contributed by atoms with van der Waals surface area (Å²) in [6, 6.07) is 12.2. The molecule has 0 aliphatic carbocycles. The van der Waals surface area contributed by atoms with Crippen LogP contribution in [0.4, 0.5) is 4.39 Å². The van der Waals surface area contributed by atoms with E-state index in [1.165, 1.54) is 35.8 Å². The van der Waals surface area contributed by atoms with Gasteiger partial charge in [-0.25, -0.2) is 9.18 Å². The summed E-state index contributed by atoms with van der Waals surface area (Å²) in [5.74, 6) is -1.00. The lowest BCUT2D eigenvalue weighted by Gasteiger charge is -2.10. The molecule has 5 heteroatoms. The fourth-order valence-corrected chi connectivity index (χ4v) is 2.39. The number of ether oxygens (including phenoxy) is 1. The van der Waals surface area contributed by atoms with Crippen molar-refractivity contribution in [3.63, 3.8) is 0 Å². The Balaban J connectivity index is 2.39. The number of rotatable bonds is 2. The van der Waals surface area contributed by atoms with Gasteiger partial charge in [-0.05, 0) is 35.9 Å². The average Bonchev–Trinajstić information content (AvgIpc) is 2.55. The van der Waals surface area contributed by atoms with E-state index < -0.39 is 11.8 Å². The van der Waals surface area contributed by atoms with Crippen LogP contribution in [0.1, 0.15) is 10.4 Å². The second kappa shape index (κ2) is 5.44. The molecule has 3 aromatic rings. The molecule has 0 radical (unpaired) electrons. The predicted molar refractivity (Wildman–Crippen MR) is 80.4 cm³/mol. The predicted octanol–water partition coefficient (Wildman–Crippen LogP) is 2.89. The van der Waals surface area contributed by atoms with E-state index in [4.69, 9.17) is 4.74 Å². The lowest BCUT2D eigenvalue weighted by Crippen LogP contribution is -2.19. The van der Waals surface area contributed by atoms with Gasteiger partial charge < -0.3 is 4.74 Å². The quantitative estimate of drug-likeness (QED) is 0.683. The summed E-state index contributed by atoms with van der Waals surface area (Å²) < 4.78 is 19.5. The van der Waals surface area contributed by atoms with E-state index in [0.717, 1.165) is 0 Å². The first-order valence-electron chi connectivity index (χ1n) is 6.60. The van der Waals surface area contributed by atoms with Gasteiger partial charge >= 0.3 is 5.97 Å². The Morgan fingerprint density at radius 1 is 1.14 bits per heavy atom. The molecule has 0 amide bonds. The van der Waals surface area contributed by atoms with Crippen molar-refractivity contribution in [2.45, 2.75) is 0 Å². The van der Waals surface area contributed by atoms with Gasteiger partial charge in [-0.2, -0.15) is 0 Å². The van der Waals surface area contributed by atoms with Gasteiger partial charge in [0.1, 0.15) is 5.82 Å². The van der Waals surface area contributed by atoms with Crippen molar-refractivity contribution in [3.05, 3.63) is 76.5 Å². The Morgan fingerprint density at radius 3 is 2.68 bits per heavy atom. The fraction of sp³-hybridized carbons (Fsp3) is 0.0588. The van der Waals surface area contributed by atoms with Crippen LogP contribution in [-0.4, -0.2) is 17.5 Å². The maximum Gasteiger partial charge on any atom is 0.340 e. The molecule has 22 heavy (non-hydrogen) atoms. The number of fused-ring (bicyclic) bond motifs is 1. The Morgan fingerprint density at radius 2 is 1.95 bits per heavy atom. The molecule has 3 rings (SSSR count). The molecule has 0 aliphatic rings. The zero-order chi connectivity index (χ0) is 15.7. The third kappa shape index (κ3) is 2.26. The van der Waals surface area contributed by atoms with E-state index in [1.807, 2.05) is 0 Å². The van der Waals surface area contributed by atoms with E-state index in [-0.39, 0.29) is 16.7 Å². The minimum Gasteiger partial charge on any atom is -0.465 e. The Hall–Kier alpha value is -2.95. The number of hydrogen-bond donors (Lipinski definition) is 0. The number of benzene rings is 1. The molecule has 0 unspecified atom stereocenters. The summed E-state index contributed by atoms with van der Waals surface area (Å²) in [6.07, 6.45) is 1.56. The monoisotopic (exact) mass is 297 g/mol. The molecule has 110 valence electrons. The van der Waals surface area contributed by atoms with E-state index in [2.05, 4.69) is 0 Å². The summed E-state index contributed by atoms with van der Waals surface area (Å²) in [5, 5.41) is 0. The number of halogens is 1. The van der Waals surface area contributed by atoms with Gasteiger partial charge in [-0.1, -0.05) is 18.2 Å². The molecule has 2 aromatic heterocycles. The standard InChI is InChI=1S/C17H12FNO3/c1-22-17(21)14-10-13(11-5-4-6-12(18)9-11)16(20)19-8-3-2-7-15(14)19/h2-10H,1H3. The van der Waals surface area contributed by atoms with E-state index in [9.17, 15) is 14.0 Å². The minimum absolute atomic E-state index is 0.239. The Kier molecular flexibility index (Phi) is 3.47. The minimum atomic E-state index is -0.554. The fourth-order valence-electron chi connectivity index (χ4n) is 2.39. The summed E-state index contributed by atoms with van der Waals surface area (Å²) in [7, 11) is 1.27. The average molecular weight is 297 g/mol. The van der Waals surface area contributed by atoms with Crippen LogP contribution in [0.3, 0.4) is 0 Å². The van der Waals surface area contributed by atoms with E-state index in [0.29, 0.717) is 11.1 Å². The maximum atomic E-state index is 13.4. The molecule has 0 bridgehead atoms. The van der Waals surface area contributed by atoms with Crippen molar-refractivity contribution < 1.29 is 13.9 Å². The SMILES string of the molecule is COC(=O)c1cc(-c2cccc(F)c2)c(=O)n2ccccc12. The summed E-state index contributed by atoms with van der Waals surface area (Å²) >= 11 is 0. The van der Waals surface area contributed by atoms with Gasteiger partial charge in [0.2, 0.25) is 0 Å². The van der Waals surface area contributed by atoms with Gasteiger partial charge in [-0.15, -0.1) is 0 Å². The van der Waals surface area contributed by atoms with Crippen LogP contribution in [0.25, 0.3) is 16.6 Å². The highest BCUT2D eigenvalue weighted by molar-refractivity contribution is 5.98. The van der Waals surface area contributed by atoms with Gasteiger partial charge in [0.15, 0.2) is 0 Å². The Bertz CT molecular complexity index is 931. The summed E-state index contributed by atoms with van der Waals surface area (Å²) in [5.41, 5.74) is 1.02. The molecule has 0 atom stereocenters. The molecule has 4 nitrogen and oxygen atoms in total. The van der Waals surface area contributed by atoms with Crippen molar-refractivity contribution in [2.24, 2.45) is 0 Å². The third-order valence-corrected chi connectivity index (χ3v) is 3.41. The van der Waals surface area contributed by atoms with E-state index in [1.54, 1.807) is 30.5 Å². The van der Waals surface area contributed by atoms with Crippen LogP contribution < -0.4 is 5.56 Å². The number of carbonyl (C=O) groups is 1. The van der Waals surface area contributed by atoms with Gasteiger partial charge in [0.25, 0.3) is 5.56 Å². The molecule has 0 spiro atoms. The molecular formula is C17H12FNO3. The maximum absolute atomic E-state index is 13.4. The van der Waals surface area contributed by atoms with Crippen LogP contribution in [0.5, 0.6) is 0 Å². The number of pyridine rings is 2. The van der Waals surface area contributed by atoms with E-state index >= 15 is 0 Å². The number of nitrogens with zero attached hydrogens (tertiary/aromatic N) is 1. The molecule has 0 N–H and O–H groups in total. The lowest BCUT2D eigenvalue weighted by molar-refractivity contribution is 0.0602. The normalized spacial score (nSPS) is 10.6. The largest absolute Gasteiger partial charge is 0.465 e. The summed E-state index contributed by atoms with van der Waals surface area (Å²) in [6.45, 7) is 0. The Labute approximate surface area is 125 Å². The first-order valence-corrected chi connectivity index (χ1v) is 6.60. The van der Waals surface area contributed by atoms with Crippen LogP contribution in [0, 0.1) is 5.82 Å². The van der Waals surface area contributed by atoms with Crippen molar-refractivity contribution in [1.82, 2.24) is 4.40 Å². The molecule has 0 aliphatic heterocycles. The molecule has 0 saturated carbocycles. The van der Waals surface area contributed by atoms with Crippen LogP contribution in [0.15, 0.2) is 59.5 Å². The van der Waals surface area contributed by atoms with Crippen LogP contribution >= 0.6 is 0 Å². The number of aromatic nitrogens is 1. The topological polar surface area (TPSA) is 47.8 Å². The third-order valence-electron chi connectivity index (χ3n) is 3.41. The number of carbonyl (C=O) groups excluding carboxylic acids is 1. The molecular weight excluding hydrogens is 285 g/mol. The molecule has 0 saturated heterocycles. The van der Waals surface area contributed by atoms with Crippen molar-refractivity contribution in [2.75, 3.05) is 7.11 Å². The highest BCUT2D eigenvalue weighted by Gasteiger charge is 2.16. The molecule has 1 aromatic carbocycles. The van der Waals surface area contributed by atoms with Crippen molar-refractivity contribution in [3.8, 4) is 11.1 Å². The highest BCUT2D eigenvalue weighted by Crippen LogP contribution is 2.21. The number of methoxy groups -OCH3 is 1. The van der Waals surface area contributed by atoms with Gasteiger partial charge in [0, 0.05) is 11.8 Å². The zero-order valence-electron chi connectivity index (χ0n) is 11.7. The lowest BCUT2D eigenvalue weighted by atomic mass is 10.0. The first-order chi connectivity index (χ1) is 10.6. The molecule has 2 heterocycles. The summed E-state index contributed by atoms with van der Waals surface area (Å²) in [4.78, 5) is 24.6. The van der Waals surface area contributed by atoms with Crippen molar-refractivity contribution >= 4 is 11.5 Å². The van der Waals surface area contributed by atoms with Crippen molar-refractivity contribution in [1.29, 1.82) is 0 Å². The van der Waals surface area contributed by atoms with Crippen LogP contribution in [0.2, 0.25) is 0 Å².